The van der Waals surface area contributed by atoms with Crippen molar-refractivity contribution in [2.75, 3.05) is 20.2 Å². The van der Waals surface area contributed by atoms with Crippen LogP contribution in [0.15, 0.2) is 30.3 Å². The Balaban J connectivity index is 2.22. The average Bonchev–Trinajstić information content (AvgIpc) is 2.34. The van der Waals surface area contributed by atoms with Gasteiger partial charge in [-0.1, -0.05) is 18.2 Å². The minimum Gasteiger partial charge on any atom is -0.481 e. The highest BCUT2D eigenvalue weighted by Gasteiger charge is 2.39. The van der Waals surface area contributed by atoms with Crippen molar-refractivity contribution in [2.45, 2.75) is 5.60 Å². The van der Waals surface area contributed by atoms with Crippen LogP contribution < -0.4 is 10.1 Å². The zero-order valence-corrected chi connectivity index (χ0v) is 9.60. The summed E-state index contributed by atoms with van der Waals surface area (Å²) >= 11 is 0. The van der Waals surface area contributed by atoms with E-state index in [9.17, 15) is 5.11 Å². The lowest BCUT2D eigenvalue weighted by atomic mass is 9.88. The van der Waals surface area contributed by atoms with Crippen LogP contribution in [0.3, 0.4) is 0 Å². The number of pyridine rings is 1. The van der Waals surface area contributed by atoms with Crippen LogP contribution in [0.4, 0.5) is 0 Å². The van der Waals surface area contributed by atoms with Gasteiger partial charge in [0.05, 0.1) is 12.6 Å². The second kappa shape index (κ2) is 3.68. The van der Waals surface area contributed by atoms with Crippen molar-refractivity contribution < 1.29 is 9.84 Å². The van der Waals surface area contributed by atoms with Gasteiger partial charge in [0, 0.05) is 24.0 Å². The van der Waals surface area contributed by atoms with Gasteiger partial charge >= 0.3 is 0 Å². The number of nitrogens with one attached hydrogen (secondary N) is 1. The minimum atomic E-state index is -0.845. The molecule has 3 rings (SSSR count). The second-order valence-electron chi connectivity index (χ2n) is 4.37. The maximum Gasteiger partial charge on any atom is 0.219 e. The number of para-hydroxylation sites is 1. The first kappa shape index (κ1) is 10.5. The van der Waals surface area contributed by atoms with Gasteiger partial charge < -0.3 is 15.2 Å². The molecule has 0 bridgehead atoms. The Labute approximate surface area is 99.2 Å². The van der Waals surface area contributed by atoms with Crippen molar-refractivity contribution in [2.24, 2.45) is 0 Å². The number of ether oxygens (including phenoxy) is 1. The van der Waals surface area contributed by atoms with Crippen LogP contribution in [0.25, 0.3) is 10.9 Å². The van der Waals surface area contributed by atoms with E-state index >= 15 is 0 Å². The first-order chi connectivity index (χ1) is 8.23. The van der Waals surface area contributed by atoms with E-state index in [1.165, 1.54) is 0 Å². The predicted octanol–water partition coefficient (Wildman–Crippen LogP) is 1.03. The largest absolute Gasteiger partial charge is 0.481 e. The normalized spacial score (nSPS) is 17.8. The molecule has 4 nitrogen and oxygen atoms in total. The molecule has 1 fully saturated rings. The Kier molecular flexibility index (Phi) is 2.28. The third-order valence-corrected chi connectivity index (χ3v) is 3.22. The van der Waals surface area contributed by atoms with Crippen LogP contribution in [0.5, 0.6) is 5.88 Å². The fourth-order valence-corrected chi connectivity index (χ4v) is 2.14. The van der Waals surface area contributed by atoms with Crippen LogP contribution in [0.1, 0.15) is 5.56 Å². The maximum atomic E-state index is 10.4. The molecule has 2 N–H and O–H groups in total. The third kappa shape index (κ3) is 1.57. The number of benzene rings is 1. The zero-order chi connectivity index (χ0) is 11.9. The number of rotatable bonds is 2. The van der Waals surface area contributed by atoms with E-state index < -0.39 is 5.60 Å². The molecule has 1 aromatic heterocycles. The van der Waals surface area contributed by atoms with E-state index in [1.54, 1.807) is 7.11 Å². The topological polar surface area (TPSA) is 54.4 Å². The Morgan fingerprint density at radius 2 is 2.12 bits per heavy atom. The monoisotopic (exact) mass is 230 g/mol. The molecule has 1 aromatic carbocycles. The summed E-state index contributed by atoms with van der Waals surface area (Å²) in [6, 6.07) is 9.78. The van der Waals surface area contributed by atoms with E-state index in [-0.39, 0.29) is 0 Å². The van der Waals surface area contributed by atoms with Gasteiger partial charge in [0.25, 0.3) is 0 Å². The van der Waals surface area contributed by atoms with Gasteiger partial charge in [-0.2, -0.15) is 0 Å². The number of β-amino-alcohol motifs (C(OH)–C–C–N with tert-alkyl or cyclic N) is 1. The quantitative estimate of drug-likeness (QED) is 0.809. The highest BCUT2D eigenvalue weighted by Crippen LogP contribution is 2.33. The van der Waals surface area contributed by atoms with Crippen LogP contribution in [0.2, 0.25) is 0 Å². The van der Waals surface area contributed by atoms with Crippen LogP contribution in [-0.2, 0) is 5.60 Å². The number of hydrogen-bond acceptors (Lipinski definition) is 4. The Morgan fingerprint density at radius 3 is 2.76 bits per heavy atom. The van der Waals surface area contributed by atoms with Gasteiger partial charge in [-0.3, -0.25) is 0 Å². The summed E-state index contributed by atoms with van der Waals surface area (Å²) in [4.78, 5) is 4.43. The Bertz CT molecular complexity index is 564. The molecule has 0 spiro atoms. The number of fused-ring (bicyclic) bond motifs is 1. The van der Waals surface area contributed by atoms with Gasteiger partial charge in [-0.05, 0) is 12.1 Å². The molecule has 2 aromatic rings. The summed E-state index contributed by atoms with van der Waals surface area (Å²) in [6.45, 7) is 1.09. The maximum absolute atomic E-state index is 10.4. The van der Waals surface area contributed by atoms with Crippen molar-refractivity contribution >= 4 is 10.9 Å². The number of hydrogen-bond donors (Lipinski definition) is 2. The lowest BCUT2D eigenvalue weighted by Gasteiger charge is -2.38. The molecule has 1 aliphatic heterocycles. The summed E-state index contributed by atoms with van der Waals surface area (Å²) in [5.41, 5.74) is 0.795. The molecule has 2 heterocycles. The first-order valence-corrected chi connectivity index (χ1v) is 5.60. The van der Waals surface area contributed by atoms with Gasteiger partial charge in [0.2, 0.25) is 5.88 Å². The zero-order valence-electron chi connectivity index (χ0n) is 9.60. The van der Waals surface area contributed by atoms with Crippen molar-refractivity contribution in [3.8, 4) is 5.88 Å². The van der Waals surface area contributed by atoms with Crippen molar-refractivity contribution in [1.29, 1.82) is 0 Å². The molecule has 0 aliphatic carbocycles. The molecular formula is C13H14N2O2. The summed E-state index contributed by atoms with van der Waals surface area (Å²) in [6.07, 6.45) is 0. The van der Waals surface area contributed by atoms with E-state index in [4.69, 9.17) is 4.74 Å². The Hall–Kier alpha value is -1.65. The summed E-state index contributed by atoms with van der Waals surface area (Å²) < 4.78 is 5.28. The molecule has 0 unspecified atom stereocenters. The minimum absolute atomic E-state index is 0.507. The number of nitrogens with zero attached hydrogens (tertiary/aromatic N) is 1. The molecule has 1 aliphatic rings. The van der Waals surface area contributed by atoms with E-state index in [0.29, 0.717) is 19.0 Å². The molecule has 17 heavy (non-hydrogen) atoms. The number of methoxy groups -OCH3 is 1. The summed E-state index contributed by atoms with van der Waals surface area (Å²) in [5.74, 6) is 0.507. The molecular weight excluding hydrogens is 216 g/mol. The number of aromatic nitrogens is 1. The highest BCUT2D eigenvalue weighted by molar-refractivity contribution is 5.80. The van der Waals surface area contributed by atoms with Gasteiger partial charge in [-0.15, -0.1) is 0 Å². The fourth-order valence-electron chi connectivity index (χ4n) is 2.14. The highest BCUT2D eigenvalue weighted by atomic mass is 16.5. The summed E-state index contributed by atoms with van der Waals surface area (Å²) in [7, 11) is 1.58. The van der Waals surface area contributed by atoms with Gasteiger partial charge in [-0.25, -0.2) is 4.98 Å². The number of aliphatic hydroxyl groups is 1. The molecule has 0 radical (unpaired) electrons. The predicted molar refractivity (Wildman–Crippen MR) is 65.1 cm³/mol. The standard InChI is InChI=1S/C13H14N2O2/c1-17-12-10(13(16)7-14-8-13)6-9-4-2-3-5-11(9)15-12/h2-6,14,16H,7-8H2,1H3. The smallest absolute Gasteiger partial charge is 0.219 e. The van der Waals surface area contributed by atoms with Crippen molar-refractivity contribution in [3.05, 3.63) is 35.9 Å². The first-order valence-electron chi connectivity index (χ1n) is 5.60. The van der Waals surface area contributed by atoms with Crippen LogP contribution >= 0.6 is 0 Å². The molecule has 1 saturated heterocycles. The summed E-state index contributed by atoms with van der Waals surface area (Å²) in [5, 5.41) is 14.5. The average molecular weight is 230 g/mol. The molecule has 88 valence electrons. The molecule has 0 atom stereocenters. The van der Waals surface area contributed by atoms with E-state index in [1.807, 2.05) is 30.3 Å². The molecule has 0 amide bonds. The fraction of sp³-hybridized carbons (Fsp3) is 0.308. The van der Waals surface area contributed by atoms with Crippen LogP contribution in [0, 0.1) is 0 Å². The lowest BCUT2D eigenvalue weighted by molar-refractivity contribution is -0.0168. The van der Waals surface area contributed by atoms with Crippen molar-refractivity contribution in [3.63, 3.8) is 0 Å². The van der Waals surface area contributed by atoms with Crippen LogP contribution in [-0.4, -0.2) is 30.3 Å². The third-order valence-electron chi connectivity index (χ3n) is 3.22. The van der Waals surface area contributed by atoms with Crippen molar-refractivity contribution in [1.82, 2.24) is 10.3 Å². The lowest BCUT2D eigenvalue weighted by Crippen LogP contribution is -2.56. The second-order valence-corrected chi connectivity index (χ2v) is 4.37. The van der Waals surface area contributed by atoms with E-state index in [0.717, 1.165) is 16.5 Å². The van der Waals surface area contributed by atoms with Gasteiger partial charge in [0.1, 0.15) is 5.60 Å². The van der Waals surface area contributed by atoms with Gasteiger partial charge in [0.15, 0.2) is 0 Å². The Morgan fingerprint density at radius 1 is 1.35 bits per heavy atom. The molecule has 4 heteroatoms. The molecule has 0 saturated carbocycles. The van der Waals surface area contributed by atoms with E-state index in [2.05, 4.69) is 10.3 Å². The SMILES string of the molecule is COc1nc2ccccc2cc1C1(O)CNC1.